The first-order valence-electron chi connectivity index (χ1n) is 10.4. The van der Waals surface area contributed by atoms with Crippen LogP contribution in [0.5, 0.6) is 0 Å². The van der Waals surface area contributed by atoms with E-state index in [1.54, 1.807) is 0 Å². The van der Waals surface area contributed by atoms with E-state index in [1.807, 2.05) is 25.7 Å². The predicted molar refractivity (Wildman–Crippen MR) is 114 cm³/mol. The number of ether oxygens (including phenoxy) is 1. The lowest BCUT2D eigenvalue weighted by molar-refractivity contribution is 0.00504. The monoisotopic (exact) mass is 377 g/mol. The number of hydrogen-bond donors (Lipinski definition) is 0. The lowest BCUT2D eigenvalue weighted by Crippen LogP contribution is -2.43. The molecule has 28 heavy (non-hydrogen) atoms. The van der Waals surface area contributed by atoms with E-state index in [0.29, 0.717) is 5.92 Å². The molecule has 1 saturated heterocycles. The molecule has 1 heterocycles. The van der Waals surface area contributed by atoms with Gasteiger partial charge in [-0.25, -0.2) is 4.79 Å². The standard InChI is InChI=1S/C25H31NO2/c1-16-12-13-26(24(27)28-25(3,4)5)22(14-16)20-11-10-17(2)23-19-9-7-6-8-18(19)15-21(20)23/h6-11,16,22H,12-15H2,1-5H3. The fraction of sp³-hybridized carbons (Fsp3) is 0.480. The third kappa shape index (κ3) is 3.43. The number of amides is 1. The Labute approximate surface area is 168 Å². The molecule has 1 aliphatic carbocycles. The summed E-state index contributed by atoms with van der Waals surface area (Å²) in [6.07, 6.45) is 2.79. The van der Waals surface area contributed by atoms with Gasteiger partial charge >= 0.3 is 6.09 Å². The number of fused-ring (bicyclic) bond motifs is 3. The minimum atomic E-state index is -0.476. The molecule has 1 aliphatic heterocycles. The van der Waals surface area contributed by atoms with E-state index in [2.05, 4.69) is 50.2 Å². The van der Waals surface area contributed by atoms with Crippen LogP contribution in [0.4, 0.5) is 4.79 Å². The van der Waals surface area contributed by atoms with Crippen molar-refractivity contribution in [3.63, 3.8) is 0 Å². The highest BCUT2D eigenvalue weighted by molar-refractivity contribution is 5.81. The zero-order chi connectivity index (χ0) is 20.1. The Hall–Kier alpha value is -2.29. The predicted octanol–water partition coefficient (Wildman–Crippen LogP) is 6.27. The Morgan fingerprint density at radius 3 is 2.64 bits per heavy atom. The van der Waals surface area contributed by atoms with Gasteiger partial charge in [-0.15, -0.1) is 0 Å². The Morgan fingerprint density at radius 1 is 1.14 bits per heavy atom. The van der Waals surface area contributed by atoms with Gasteiger partial charge in [0.1, 0.15) is 5.60 Å². The summed E-state index contributed by atoms with van der Waals surface area (Å²) >= 11 is 0. The molecule has 0 aromatic heterocycles. The van der Waals surface area contributed by atoms with Gasteiger partial charge in [-0.1, -0.05) is 43.3 Å². The molecule has 0 bridgehead atoms. The Kier molecular flexibility index (Phi) is 4.73. The second kappa shape index (κ2) is 6.95. The second-order valence-electron chi connectivity index (χ2n) is 9.48. The maximum absolute atomic E-state index is 13.0. The third-order valence-corrected chi connectivity index (χ3v) is 6.06. The van der Waals surface area contributed by atoms with Crippen molar-refractivity contribution in [3.05, 3.63) is 58.7 Å². The van der Waals surface area contributed by atoms with E-state index in [4.69, 9.17) is 4.74 Å². The molecule has 0 saturated carbocycles. The number of carbonyl (C=O) groups excluding carboxylic acids is 1. The molecule has 2 unspecified atom stereocenters. The molecule has 4 rings (SSSR count). The Morgan fingerprint density at radius 2 is 1.89 bits per heavy atom. The highest BCUT2D eigenvalue weighted by Gasteiger charge is 2.36. The van der Waals surface area contributed by atoms with Crippen molar-refractivity contribution < 1.29 is 9.53 Å². The molecule has 2 aromatic carbocycles. The fourth-order valence-electron chi connectivity index (χ4n) is 4.74. The first kappa shape index (κ1) is 19.0. The van der Waals surface area contributed by atoms with Crippen LogP contribution in [-0.4, -0.2) is 23.1 Å². The van der Waals surface area contributed by atoms with Gasteiger partial charge in [-0.3, -0.25) is 0 Å². The zero-order valence-corrected chi connectivity index (χ0v) is 17.7. The van der Waals surface area contributed by atoms with Crippen LogP contribution >= 0.6 is 0 Å². The van der Waals surface area contributed by atoms with Crippen molar-refractivity contribution in [2.24, 2.45) is 5.92 Å². The molecule has 0 N–H and O–H groups in total. The quantitative estimate of drug-likeness (QED) is 0.500. The van der Waals surface area contributed by atoms with Gasteiger partial charge in [-0.2, -0.15) is 0 Å². The van der Waals surface area contributed by atoms with Gasteiger partial charge < -0.3 is 9.64 Å². The van der Waals surface area contributed by atoms with Crippen LogP contribution < -0.4 is 0 Å². The minimum Gasteiger partial charge on any atom is -0.444 e. The molecule has 2 atom stereocenters. The van der Waals surface area contributed by atoms with Crippen molar-refractivity contribution in [2.75, 3.05) is 6.54 Å². The van der Waals surface area contributed by atoms with E-state index in [-0.39, 0.29) is 12.1 Å². The lowest BCUT2D eigenvalue weighted by Gasteiger charge is -2.40. The van der Waals surface area contributed by atoms with Crippen LogP contribution in [0.3, 0.4) is 0 Å². The summed E-state index contributed by atoms with van der Waals surface area (Å²) in [6.45, 7) is 11.1. The summed E-state index contributed by atoms with van der Waals surface area (Å²) in [7, 11) is 0. The highest BCUT2D eigenvalue weighted by atomic mass is 16.6. The molecule has 0 spiro atoms. The van der Waals surface area contributed by atoms with E-state index in [1.165, 1.54) is 33.4 Å². The number of piperidine rings is 1. The number of rotatable bonds is 1. The van der Waals surface area contributed by atoms with Crippen LogP contribution in [0, 0.1) is 12.8 Å². The van der Waals surface area contributed by atoms with Gasteiger partial charge in [0.05, 0.1) is 6.04 Å². The third-order valence-electron chi connectivity index (χ3n) is 6.06. The van der Waals surface area contributed by atoms with Crippen molar-refractivity contribution in [2.45, 2.75) is 65.5 Å². The van der Waals surface area contributed by atoms with Gasteiger partial charge in [0, 0.05) is 6.54 Å². The molecule has 3 nitrogen and oxygen atoms in total. The Bertz CT molecular complexity index is 909. The van der Waals surface area contributed by atoms with Crippen molar-refractivity contribution >= 4 is 6.09 Å². The van der Waals surface area contributed by atoms with Crippen LogP contribution in [0.25, 0.3) is 11.1 Å². The van der Waals surface area contributed by atoms with Gasteiger partial charge in [0.2, 0.25) is 0 Å². The smallest absolute Gasteiger partial charge is 0.410 e. The second-order valence-corrected chi connectivity index (χ2v) is 9.48. The zero-order valence-electron chi connectivity index (χ0n) is 17.7. The van der Waals surface area contributed by atoms with E-state index < -0.39 is 5.60 Å². The van der Waals surface area contributed by atoms with Crippen molar-refractivity contribution in [3.8, 4) is 11.1 Å². The van der Waals surface area contributed by atoms with Gasteiger partial charge in [0.25, 0.3) is 0 Å². The summed E-state index contributed by atoms with van der Waals surface area (Å²) in [5, 5.41) is 0. The van der Waals surface area contributed by atoms with Gasteiger partial charge in [0.15, 0.2) is 0 Å². The van der Waals surface area contributed by atoms with Crippen molar-refractivity contribution in [1.82, 2.24) is 4.90 Å². The summed E-state index contributed by atoms with van der Waals surface area (Å²) in [5.74, 6) is 0.601. The highest BCUT2D eigenvalue weighted by Crippen LogP contribution is 2.45. The number of likely N-dealkylation sites (tertiary alicyclic amines) is 1. The Balaban J connectivity index is 1.76. The lowest BCUT2D eigenvalue weighted by atomic mass is 9.84. The SMILES string of the molecule is Cc1ccc(C2CC(C)CCN2C(=O)OC(C)(C)C)c2c1-c1ccccc1C2. The number of carbonyl (C=O) groups is 1. The number of nitrogens with zero attached hydrogens (tertiary/aromatic N) is 1. The first-order valence-corrected chi connectivity index (χ1v) is 10.4. The van der Waals surface area contributed by atoms with E-state index >= 15 is 0 Å². The van der Waals surface area contributed by atoms with Gasteiger partial charge in [-0.05, 0) is 86.3 Å². The van der Waals surface area contributed by atoms with E-state index in [0.717, 1.165) is 25.8 Å². The molecule has 3 heteroatoms. The topological polar surface area (TPSA) is 29.5 Å². The maximum Gasteiger partial charge on any atom is 0.410 e. The fourth-order valence-corrected chi connectivity index (χ4v) is 4.74. The summed E-state index contributed by atoms with van der Waals surface area (Å²) < 4.78 is 5.76. The molecular formula is C25H31NO2. The summed E-state index contributed by atoms with van der Waals surface area (Å²) in [4.78, 5) is 15.0. The van der Waals surface area contributed by atoms with Crippen LogP contribution in [0.2, 0.25) is 0 Å². The summed E-state index contributed by atoms with van der Waals surface area (Å²) in [5.41, 5.74) is 7.65. The molecule has 1 fully saturated rings. The average Bonchev–Trinajstić information content (AvgIpc) is 3.00. The maximum atomic E-state index is 13.0. The minimum absolute atomic E-state index is 0.0854. The molecule has 2 aliphatic rings. The number of benzene rings is 2. The van der Waals surface area contributed by atoms with Crippen LogP contribution in [0.1, 0.15) is 68.8 Å². The molecule has 0 radical (unpaired) electrons. The molecule has 2 aromatic rings. The number of aryl methyl sites for hydroxylation is 1. The number of hydrogen-bond acceptors (Lipinski definition) is 2. The van der Waals surface area contributed by atoms with E-state index in [9.17, 15) is 4.79 Å². The largest absolute Gasteiger partial charge is 0.444 e. The molecular weight excluding hydrogens is 346 g/mol. The van der Waals surface area contributed by atoms with Crippen LogP contribution in [-0.2, 0) is 11.2 Å². The molecule has 1 amide bonds. The van der Waals surface area contributed by atoms with Crippen molar-refractivity contribution in [1.29, 1.82) is 0 Å². The molecule has 148 valence electrons. The first-order chi connectivity index (χ1) is 13.2. The normalized spacial score (nSPS) is 21.2. The van der Waals surface area contributed by atoms with Crippen LogP contribution in [0.15, 0.2) is 36.4 Å². The summed E-state index contributed by atoms with van der Waals surface area (Å²) in [6, 6.07) is 13.3. The average molecular weight is 378 g/mol.